The highest BCUT2D eigenvalue weighted by atomic mass is 16.5. The lowest BCUT2D eigenvalue weighted by molar-refractivity contribution is 0.0527. The molecule has 0 radical (unpaired) electrons. The maximum Gasteiger partial charge on any atom is 0.340 e. The fourth-order valence-electron chi connectivity index (χ4n) is 3.73. The lowest BCUT2D eigenvalue weighted by Gasteiger charge is -2.19. The maximum atomic E-state index is 12.7. The number of hydrogen-bond acceptors (Lipinski definition) is 4. The number of carbonyl (C=O) groups is 2. The molecule has 0 saturated carbocycles. The zero-order valence-corrected chi connectivity index (χ0v) is 16.9. The third-order valence-corrected chi connectivity index (χ3v) is 5.24. The Kier molecular flexibility index (Phi) is 5.80. The zero-order chi connectivity index (χ0) is 20.9. The molecule has 3 aromatic rings. The van der Waals surface area contributed by atoms with Crippen LogP contribution in [0.4, 0.5) is 11.4 Å². The van der Waals surface area contributed by atoms with Gasteiger partial charge in [-0.1, -0.05) is 42.5 Å². The van der Waals surface area contributed by atoms with Crippen LogP contribution in [0.1, 0.15) is 38.8 Å². The summed E-state index contributed by atoms with van der Waals surface area (Å²) in [6.45, 7) is 3.85. The molecular formula is C25H24N2O3. The minimum Gasteiger partial charge on any atom is -0.462 e. The predicted molar refractivity (Wildman–Crippen MR) is 118 cm³/mol. The molecule has 0 saturated heterocycles. The molecule has 3 aromatic carbocycles. The lowest BCUT2D eigenvalue weighted by atomic mass is 10.1. The quantitative estimate of drug-likeness (QED) is 0.611. The Balaban J connectivity index is 1.44. The number of esters is 1. The number of amides is 1. The van der Waals surface area contributed by atoms with Crippen LogP contribution in [0.5, 0.6) is 0 Å². The molecule has 0 aromatic heterocycles. The van der Waals surface area contributed by atoms with Crippen LogP contribution in [0.15, 0.2) is 72.8 Å². The average Bonchev–Trinajstić information content (AvgIpc) is 3.17. The number of hydrogen-bond donors (Lipinski definition) is 1. The number of nitrogens with zero attached hydrogens (tertiary/aromatic N) is 1. The Morgan fingerprint density at radius 1 is 0.967 bits per heavy atom. The third-order valence-electron chi connectivity index (χ3n) is 5.24. The first-order valence-electron chi connectivity index (χ1n) is 10.1. The molecule has 0 atom stereocenters. The van der Waals surface area contributed by atoms with Crippen LogP contribution in [-0.2, 0) is 17.7 Å². The van der Waals surface area contributed by atoms with E-state index >= 15 is 0 Å². The molecule has 1 aliphatic heterocycles. The van der Waals surface area contributed by atoms with Gasteiger partial charge in [0, 0.05) is 24.3 Å². The van der Waals surface area contributed by atoms with E-state index in [0.717, 1.165) is 25.1 Å². The molecule has 1 heterocycles. The average molecular weight is 400 g/mol. The van der Waals surface area contributed by atoms with Crippen molar-refractivity contribution in [3.8, 4) is 0 Å². The molecule has 1 aliphatic rings. The van der Waals surface area contributed by atoms with Gasteiger partial charge in [-0.25, -0.2) is 4.79 Å². The molecule has 0 spiro atoms. The Bertz CT molecular complexity index is 1060. The molecule has 0 fully saturated rings. The van der Waals surface area contributed by atoms with E-state index in [9.17, 15) is 9.59 Å². The normalized spacial score (nSPS) is 12.4. The van der Waals surface area contributed by atoms with Gasteiger partial charge in [0.05, 0.1) is 17.9 Å². The van der Waals surface area contributed by atoms with E-state index in [1.165, 1.54) is 11.3 Å². The van der Waals surface area contributed by atoms with Crippen LogP contribution in [0, 0.1) is 0 Å². The zero-order valence-electron chi connectivity index (χ0n) is 16.9. The van der Waals surface area contributed by atoms with Crippen LogP contribution < -0.4 is 10.2 Å². The van der Waals surface area contributed by atoms with Crippen molar-refractivity contribution in [2.75, 3.05) is 23.4 Å². The van der Waals surface area contributed by atoms with Crippen molar-refractivity contribution < 1.29 is 14.3 Å². The molecular weight excluding hydrogens is 376 g/mol. The highest BCUT2D eigenvalue weighted by Crippen LogP contribution is 2.28. The minimum absolute atomic E-state index is 0.259. The molecule has 1 N–H and O–H groups in total. The lowest BCUT2D eigenvalue weighted by Crippen LogP contribution is -2.20. The second kappa shape index (κ2) is 8.82. The van der Waals surface area contributed by atoms with Gasteiger partial charge in [0.15, 0.2) is 0 Å². The second-order valence-corrected chi connectivity index (χ2v) is 7.22. The summed E-state index contributed by atoms with van der Waals surface area (Å²) in [6, 6.07) is 22.9. The van der Waals surface area contributed by atoms with E-state index in [0.29, 0.717) is 16.8 Å². The second-order valence-electron chi connectivity index (χ2n) is 7.22. The fraction of sp³-hybridized carbons (Fsp3) is 0.200. The van der Waals surface area contributed by atoms with Gasteiger partial charge in [0.2, 0.25) is 0 Å². The standard InChI is InChI=1S/C25H24N2O3/c1-2-30-25(29)21-8-4-5-9-22(21)26-24(28)20-13-11-18(12-14-20)17-27-16-15-19-7-3-6-10-23(19)27/h3-14H,2,15-17H2,1H3,(H,26,28). The highest BCUT2D eigenvalue weighted by molar-refractivity contribution is 6.08. The minimum atomic E-state index is -0.449. The topological polar surface area (TPSA) is 58.6 Å². The molecule has 1 amide bonds. The molecule has 5 heteroatoms. The smallest absolute Gasteiger partial charge is 0.340 e. The van der Waals surface area contributed by atoms with Gasteiger partial charge in [-0.3, -0.25) is 4.79 Å². The number of ether oxygens (including phenoxy) is 1. The molecule has 5 nitrogen and oxygen atoms in total. The van der Waals surface area contributed by atoms with Crippen LogP contribution in [-0.4, -0.2) is 25.0 Å². The molecule has 152 valence electrons. The Morgan fingerprint density at radius 3 is 2.50 bits per heavy atom. The van der Waals surface area contributed by atoms with Crippen LogP contribution >= 0.6 is 0 Å². The number of anilines is 2. The summed E-state index contributed by atoms with van der Waals surface area (Å²) in [5, 5.41) is 2.82. The Morgan fingerprint density at radius 2 is 1.70 bits per heavy atom. The maximum absolute atomic E-state index is 12.7. The number of benzene rings is 3. The van der Waals surface area contributed by atoms with Gasteiger partial charge in [-0.15, -0.1) is 0 Å². The molecule has 0 bridgehead atoms. The number of rotatable bonds is 6. The van der Waals surface area contributed by atoms with Gasteiger partial charge < -0.3 is 15.0 Å². The van der Waals surface area contributed by atoms with E-state index < -0.39 is 5.97 Å². The first-order chi connectivity index (χ1) is 14.7. The van der Waals surface area contributed by atoms with Crippen molar-refractivity contribution in [1.82, 2.24) is 0 Å². The fourth-order valence-corrected chi connectivity index (χ4v) is 3.73. The van der Waals surface area contributed by atoms with E-state index in [4.69, 9.17) is 4.74 Å². The molecule has 30 heavy (non-hydrogen) atoms. The summed E-state index contributed by atoms with van der Waals surface area (Å²) in [7, 11) is 0. The SMILES string of the molecule is CCOC(=O)c1ccccc1NC(=O)c1ccc(CN2CCc3ccccc32)cc1. The summed E-state index contributed by atoms with van der Waals surface area (Å²) in [6.07, 6.45) is 1.07. The molecule has 0 aliphatic carbocycles. The van der Waals surface area contributed by atoms with Crippen LogP contribution in [0.3, 0.4) is 0 Å². The largest absolute Gasteiger partial charge is 0.462 e. The monoisotopic (exact) mass is 400 g/mol. The van der Waals surface area contributed by atoms with E-state index in [1.54, 1.807) is 31.2 Å². The summed E-state index contributed by atoms with van der Waals surface area (Å²) < 4.78 is 5.07. The number of para-hydroxylation sites is 2. The number of fused-ring (bicyclic) bond motifs is 1. The summed E-state index contributed by atoms with van der Waals surface area (Å²) in [5.74, 6) is -0.709. The van der Waals surface area contributed by atoms with Gasteiger partial charge in [0.1, 0.15) is 0 Å². The number of nitrogens with one attached hydrogen (secondary N) is 1. The number of carbonyl (C=O) groups excluding carboxylic acids is 2. The van der Waals surface area contributed by atoms with Crippen molar-refractivity contribution in [2.45, 2.75) is 19.9 Å². The summed E-state index contributed by atoms with van der Waals surface area (Å²) in [5.41, 5.74) is 5.15. The van der Waals surface area contributed by atoms with Crippen molar-refractivity contribution in [3.05, 3.63) is 95.1 Å². The highest BCUT2D eigenvalue weighted by Gasteiger charge is 2.19. The van der Waals surface area contributed by atoms with Crippen molar-refractivity contribution in [1.29, 1.82) is 0 Å². The summed E-state index contributed by atoms with van der Waals surface area (Å²) in [4.78, 5) is 27.2. The van der Waals surface area contributed by atoms with Gasteiger partial charge in [0.25, 0.3) is 5.91 Å². The van der Waals surface area contributed by atoms with Gasteiger partial charge in [-0.2, -0.15) is 0 Å². The van der Waals surface area contributed by atoms with Crippen molar-refractivity contribution >= 4 is 23.3 Å². The van der Waals surface area contributed by atoms with E-state index in [2.05, 4.69) is 34.5 Å². The van der Waals surface area contributed by atoms with Gasteiger partial charge >= 0.3 is 5.97 Å². The van der Waals surface area contributed by atoms with Crippen LogP contribution in [0.2, 0.25) is 0 Å². The van der Waals surface area contributed by atoms with Crippen molar-refractivity contribution in [3.63, 3.8) is 0 Å². The first kappa shape index (κ1) is 19.7. The molecule has 0 unspecified atom stereocenters. The summed E-state index contributed by atoms with van der Waals surface area (Å²) >= 11 is 0. The molecule has 4 rings (SSSR count). The van der Waals surface area contributed by atoms with Crippen LogP contribution in [0.25, 0.3) is 0 Å². The van der Waals surface area contributed by atoms with Gasteiger partial charge in [-0.05, 0) is 54.8 Å². The Hall–Kier alpha value is -3.60. The first-order valence-corrected chi connectivity index (χ1v) is 10.1. The van der Waals surface area contributed by atoms with Crippen molar-refractivity contribution in [2.24, 2.45) is 0 Å². The predicted octanol–water partition coefficient (Wildman–Crippen LogP) is 4.68. The van der Waals surface area contributed by atoms with E-state index in [1.807, 2.05) is 24.3 Å². The van der Waals surface area contributed by atoms with E-state index in [-0.39, 0.29) is 12.5 Å². The third kappa shape index (κ3) is 4.20. The Labute approximate surface area is 176 Å².